The van der Waals surface area contributed by atoms with Crippen LogP contribution < -0.4 is 10.1 Å². The molecule has 0 bridgehead atoms. The SMILES string of the molecule is CCCC(NC)C(=O)N1CCC(Oc2ccccc2)CC1.O=C(O)C(=O)OC1(c2ccc(F)cc2)OCCO1. The van der Waals surface area contributed by atoms with Gasteiger partial charge in [-0.1, -0.05) is 31.5 Å². The summed E-state index contributed by atoms with van der Waals surface area (Å²) in [4.78, 5) is 35.9. The molecule has 2 aliphatic rings. The average Bonchev–Trinajstić information content (AvgIpc) is 3.42. The number of likely N-dealkylation sites (N-methyl/N-ethyl adjacent to an activating group) is 1. The Morgan fingerprint density at radius 3 is 2.23 bits per heavy atom. The van der Waals surface area contributed by atoms with Crippen LogP contribution in [0.1, 0.15) is 38.2 Å². The number of ether oxygens (including phenoxy) is 4. The van der Waals surface area contributed by atoms with Crippen LogP contribution in [-0.2, 0) is 34.6 Å². The summed E-state index contributed by atoms with van der Waals surface area (Å²) in [6, 6.07) is 14.7. The average molecular weight is 547 g/mol. The number of piperidine rings is 1. The Morgan fingerprint density at radius 2 is 1.69 bits per heavy atom. The van der Waals surface area contributed by atoms with Crippen LogP contribution >= 0.6 is 0 Å². The summed E-state index contributed by atoms with van der Waals surface area (Å²) in [6.45, 7) is 3.95. The Morgan fingerprint density at radius 1 is 1.08 bits per heavy atom. The highest BCUT2D eigenvalue weighted by Crippen LogP contribution is 2.33. The molecule has 0 radical (unpaired) electrons. The van der Waals surface area contributed by atoms with Crippen molar-refractivity contribution in [2.24, 2.45) is 0 Å². The molecule has 2 aromatic carbocycles. The monoisotopic (exact) mass is 546 g/mol. The highest BCUT2D eigenvalue weighted by atomic mass is 19.1. The number of carbonyl (C=O) groups is 3. The molecule has 2 saturated heterocycles. The molecule has 2 aromatic rings. The molecular weight excluding hydrogens is 511 g/mol. The van der Waals surface area contributed by atoms with Crippen molar-refractivity contribution in [1.82, 2.24) is 10.2 Å². The van der Waals surface area contributed by atoms with E-state index in [1.807, 2.05) is 42.3 Å². The van der Waals surface area contributed by atoms with Crippen molar-refractivity contribution in [2.75, 3.05) is 33.4 Å². The molecule has 0 spiro atoms. The number of amides is 1. The first-order chi connectivity index (χ1) is 18.8. The number of carbonyl (C=O) groups excluding carboxylic acids is 2. The van der Waals surface area contributed by atoms with E-state index in [2.05, 4.69) is 17.0 Å². The van der Waals surface area contributed by atoms with Gasteiger partial charge in [0.25, 0.3) is 0 Å². The second-order valence-corrected chi connectivity index (χ2v) is 9.04. The number of nitrogens with one attached hydrogen (secondary N) is 1. The van der Waals surface area contributed by atoms with Crippen molar-refractivity contribution in [3.05, 3.63) is 66.0 Å². The molecule has 4 rings (SSSR count). The first-order valence-corrected chi connectivity index (χ1v) is 13.0. The Kier molecular flexibility index (Phi) is 11.2. The van der Waals surface area contributed by atoms with Crippen molar-refractivity contribution in [2.45, 2.75) is 50.7 Å². The van der Waals surface area contributed by atoms with Gasteiger partial charge in [-0.15, -0.1) is 0 Å². The first kappa shape index (κ1) is 30.0. The number of hydrogen-bond donors (Lipinski definition) is 2. The molecule has 2 heterocycles. The van der Waals surface area contributed by atoms with Gasteiger partial charge in [0.05, 0.1) is 24.8 Å². The fraction of sp³-hybridized carbons (Fsp3) is 0.464. The molecule has 11 heteroatoms. The minimum absolute atomic E-state index is 0.0402. The van der Waals surface area contributed by atoms with E-state index in [0.717, 1.165) is 56.7 Å². The van der Waals surface area contributed by atoms with Crippen LogP contribution in [0.25, 0.3) is 0 Å². The van der Waals surface area contributed by atoms with E-state index in [9.17, 15) is 18.8 Å². The van der Waals surface area contributed by atoms with Gasteiger partial charge in [0.15, 0.2) is 0 Å². The number of aliphatic carboxylic acids is 1. The lowest BCUT2D eigenvalue weighted by atomic mass is 10.0. The zero-order valence-electron chi connectivity index (χ0n) is 22.1. The van der Waals surface area contributed by atoms with Crippen LogP contribution in [0.5, 0.6) is 5.75 Å². The van der Waals surface area contributed by atoms with E-state index >= 15 is 0 Å². The summed E-state index contributed by atoms with van der Waals surface area (Å²) in [5, 5.41) is 11.6. The normalized spacial score (nSPS) is 17.5. The first-order valence-electron chi connectivity index (χ1n) is 13.0. The lowest BCUT2D eigenvalue weighted by Crippen LogP contribution is -2.49. The highest BCUT2D eigenvalue weighted by Gasteiger charge is 2.44. The summed E-state index contributed by atoms with van der Waals surface area (Å²) in [5.74, 6) is -4.53. The number of esters is 1. The van der Waals surface area contributed by atoms with Gasteiger partial charge in [-0.3, -0.25) is 4.79 Å². The standard InChI is InChI=1S/C17H26N2O2.C11H9FO6/c1-3-7-16(18-2)17(20)19-12-10-15(11-13-19)21-14-8-5-4-6-9-14;12-8-3-1-7(2-4-8)11(16-5-6-17-11)18-10(15)9(13)14/h4-6,8-9,15-16,18H,3,7,10-13H2,1-2H3;1-4H,5-6H2,(H,13,14). The van der Waals surface area contributed by atoms with Gasteiger partial charge in [0, 0.05) is 25.9 Å². The molecular formula is C28H35FN2O8. The number of hydrogen-bond acceptors (Lipinski definition) is 8. The maximum Gasteiger partial charge on any atom is 0.421 e. The van der Waals surface area contributed by atoms with Crippen LogP contribution in [0, 0.1) is 5.82 Å². The summed E-state index contributed by atoms with van der Waals surface area (Å²) in [5.41, 5.74) is 0.205. The maximum atomic E-state index is 12.8. The Hall–Kier alpha value is -3.54. The second kappa shape index (κ2) is 14.6. The fourth-order valence-corrected chi connectivity index (χ4v) is 4.28. The third-order valence-electron chi connectivity index (χ3n) is 6.29. The number of halogens is 1. The molecule has 1 unspecified atom stereocenters. The van der Waals surface area contributed by atoms with Crippen molar-refractivity contribution in [3.63, 3.8) is 0 Å². The zero-order valence-corrected chi connectivity index (χ0v) is 22.1. The van der Waals surface area contributed by atoms with Gasteiger partial charge < -0.3 is 34.3 Å². The fourth-order valence-electron chi connectivity index (χ4n) is 4.28. The summed E-state index contributed by atoms with van der Waals surface area (Å²) < 4.78 is 33.7. The van der Waals surface area contributed by atoms with Gasteiger partial charge in [-0.2, -0.15) is 0 Å². The lowest BCUT2D eigenvalue weighted by Gasteiger charge is -2.34. The quantitative estimate of drug-likeness (QED) is 0.380. The molecule has 0 aliphatic carbocycles. The van der Waals surface area contributed by atoms with Crippen LogP contribution in [-0.4, -0.2) is 73.3 Å². The van der Waals surface area contributed by atoms with Gasteiger partial charge in [-0.05, 0) is 49.9 Å². The van der Waals surface area contributed by atoms with E-state index in [1.165, 1.54) is 12.1 Å². The second-order valence-electron chi connectivity index (χ2n) is 9.04. The van der Waals surface area contributed by atoms with E-state index in [-0.39, 0.29) is 36.8 Å². The zero-order chi connectivity index (χ0) is 28.3. The van der Waals surface area contributed by atoms with Crippen LogP contribution in [0.3, 0.4) is 0 Å². The predicted octanol–water partition coefficient (Wildman–Crippen LogP) is 3.06. The molecule has 2 N–H and O–H groups in total. The molecule has 1 atom stereocenters. The number of likely N-dealkylation sites (tertiary alicyclic amines) is 1. The van der Waals surface area contributed by atoms with E-state index in [0.29, 0.717) is 0 Å². The molecule has 2 aliphatic heterocycles. The number of carboxylic acid groups (broad SMARTS) is 1. The molecule has 2 fully saturated rings. The van der Waals surface area contributed by atoms with Gasteiger partial charge in [0.2, 0.25) is 5.91 Å². The van der Waals surface area contributed by atoms with E-state index < -0.39 is 23.7 Å². The summed E-state index contributed by atoms with van der Waals surface area (Å²) in [6.07, 6.45) is 3.95. The maximum absolute atomic E-state index is 12.8. The van der Waals surface area contributed by atoms with Crippen LogP contribution in [0.2, 0.25) is 0 Å². The van der Waals surface area contributed by atoms with Crippen molar-refractivity contribution in [3.8, 4) is 5.75 Å². The summed E-state index contributed by atoms with van der Waals surface area (Å²) in [7, 11) is 1.86. The minimum Gasteiger partial charge on any atom is -0.490 e. The van der Waals surface area contributed by atoms with Gasteiger partial charge in [-0.25, -0.2) is 14.0 Å². The minimum atomic E-state index is -1.91. The van der Waals surface area contributed by atoms with Crippen molar-refractivity contribution >= 4 is 17.8 Å². The Bertz CT molecular complexity index is 1070. The molecule has 212 valence electrons. The van der Waals surface area contributed by atoms with E-state index in [1.54, 1.807) is 0 Å². The Balaban J connectivity index is 0.000000218. The predicted molar refractivity (Wildman–Crippen MR) is 138 cm³/mol. The number of rotatable bonds is 8. The lowest BCUT2D eigenvalue weighted by molar-refractivity contribution is -0.323. The molecule has 0 aromatic heterocycles. The van der Waals surface area contributed by atoms with Crippen LogP contribution in [0.4, 0.5) is 4.39 Å². The van der Waals surface area contributed by atoms with Gasteiger partial charge in [0.1, 0.15) is 17.7 Å². The van der Waals surface area contributed by atoms with Gasteiger partial charge >= 0.3 is 17.9 Å². The summed E-state index contributed by atoms with van der Waals surface area (Å²) >= 11 is 0. The number of para-hydroxylation sites is 1. The molecule has 1 amide bonds. The van der Waals surface area contributed by atoms with Crippen molar-refractivity contribution in [1.29, 1.82) is 0 Å². The Labute approximate surface area is 227 Å². The third kappa shape index (κ3) is 8.47. The van der Waals surface area contributed by atoms with Crippen molar-refractivity contribution < 1.29 is 42.8 Å². The number of nitrogens with zero attached hydrogens (tertiary/aromatic N) is 1. The van der Waals surface area contributed by atoms with E-state index in [4.69, 9.17) is 19.3 Å². The topological polar surface area (TPSA) is 124 Å². The third-order valence-corrected chi connectivity index (χ3v) is 6.29. The number of carboxylic acids is 1. The van der Waals surface area contributed by atoms with Crippen LogP contribution in [0.15, 0.2) is 54.6 Å². The largest absolute Gasteiger partial charge is 0.490 e. The highest BCUT2D eigenvalue weighted by molar-refractivity contribution is 6.28. The molecule has 0 saturated carbocycles. The smallest absolute Gasteiger partial charge is 0.421 e. The molecule has 10 nitrogen and oxygen atoms in total. The molecule has 39 heavy (non-hydrogen) atoms. The number of benzene rings is 2.